The molecule has 0 spiro atoms. The Hall–Kier alpha value is -1.60. The summed E-state index contributed by atoms with van der Waals surface area (Å²) < 4.78 is 0. The second-order valence-electron chi connectivity index (χ2n) is 4.36. The van der Waals surface area contributed by atoms with E-state index < -0.39 is 0 Å². The molecule has 2 N–H and O–H groups in total. The summed E-state index contributed by atoms with van der Waals surface area (Å²) in [5, 5.41) is 21.1. The minimum atomic E-state index is 0.236. The summed E-state index contributed by atoms with van der Waals surface area (Å²) in [7, 11) is 0. The molecule has 0 radical (unpaired) electrons. The molecular formula is C12H15N3O. The predicted octanol–water partition coefficient (Wildman–Crippen LogP) is 1.53. The third-order valence-corrected chi connectivity index (χ3v) is 3.19. The molecule has 0 saturated heterocycles. The van der Waals surface area contributed by atoms with Crippen LogP contribution in [-0.4, -0.2) is 23.2 Å². The highest BCUT2D eigenvalue weighted by atomic mass is 16.3. The Labute approximate surface area is 94.9 Å². The number of hydrogen-bond donors (Lipinski definition) is 2. The zero-order valence-corrected chi connectivity index (χ0v) is 9.11. The number of nitrogens with zero attached hydrogens (tertiary/aromatic N) is 2. The summed E-state index contributed by atoms with van der Waals surface area (Å²) in [6, 6.07) is 3.83. The topological polar surface area (TPSA) is 68.9 Å². The smallest absolute Gasteiger partial charge is 0.101 e. The van der Waals surface area contributed by atoms with Crippen molar-refractivity contribution >= 4 is 5.69 Å². The molecule has 84 valence electrons. The molecule has 0 aliphatic heterocycles. The van der Waals surface area contributed by atoms with Crippen LogP contribution in [0.1, 0.15) is 24.8 Å². The molecule has 4 heteroatoms. The van der Waals surface area contributed by atoms with Gasteiger partial charge in [0.25, 0.3) is 0 Å². The van der Waals surface area contributed by atoms with Gasteiger partial charge in [-0.15, -0.1) is 0 Å². The molecule has 1 heterocycles. The van der Waals surface area contributed by atoms with Crippen molar-refractivity contribution in [2.75, 3.05) is 18.5 Å². The molecule has 0 amide bonds. The molecule has 0 bridgehead atoms. The number of aromatic nitrogens is 1. The van der Waals surface area contributed by atoms with E-state index in [1.165, 1.54) is 0 Å². The third-order valence-electron chi connectivity index (χ3n) is 3.19. The molecule has 1 aromatic heterocycles. The summed E-state index contributed by atoms with van der Waals surface area (Å²) in [5.41, 5.74) is 1.65. The minimum Gasteiger partial charge on any atom is -0.396 e. The van der Waals surface area contributed by atoms with Gasteiger partial charge in [0.2, 0.25) is 0 Å². The van der Waals surface area contributed by atoms with E-state index in [1.807, 2.05) is 0 Å². The van der Waals surface area contributed by atoms with E-state index in [2.05, 4.69) is 16.4 Å². The number of hydrogen-bond acceptors (Lipinski definition) is 4. The van der Waals surface area contributed by atoms with Gasteiger partial charge in [0, 0.05) is 19.3 Å². The maximum atomic E-state index is 8.95. The van der Waals surface area contributed by atoms with Crippen molar-refractivity contribution in [1.29, 1.82) is 5.26 Å². The van der Waals surface area contributed by atoms with Crippen LogP contribution in [0.5, 0.6) is 0 Å². The summed E-state index contributed by atoms with van der Waals surface area (Å²) in [6.45, 7) is 1.05. The predicted molar refractivity (Wildman–Crippen MR) is 60.8 cm³/mol. The molecule has 1 saturated carbocycles. The first-order valence-electron chi connectivity index (χ1n) is 5.48. The highest BCUT2D eigenvalue weighted by Gasteiger charge is 2.41. The van der Waals surface area contributed by atoms with E-state index in [1.54, 1.807) is 18.5 Å². The van der Waals surface area contributed by atoms with Crippen molar-refractivity contribution in [2.24, 2.45) is 5.41 Å². The van der Waals surface area contributed by atoms with Crippen LogP contribution in [-0.2, 0) is 0 Å². The van der Waals surface area contributed by atoms with Gasteiger partial charge in [-0.2, -0.15) is 5.26 Å². The van der Waals surface area contributed by atoms with Crippen LogP contribution >= 0.6 is 0 Å². The molecule has 0 aromatic carbocycles. The number of pyridine rings is 1. The largest absolute Gasteiger partial charge is 0.396 e. The quantitative estimate of drug-likeness (QED) is 0.784. The first-order valence-corrected chi connectivity index (χ1v) is 5.48. The Kier molecular flexibility index (Phi) is 3.07. The van der Waals surface area contributed by atoms with E-state index in [-0.39, 0.29) is 12.0 Å². The van der Waals surface area contributed by atoms with Gasteiger partial charge in [-0.1, -0.05) is 0 Å². The summed E-state index contributed by atoms with van der Waals surface area (Å²) >= 11 is 0. The fraction of sp³-hybridized carbons (Fsp3) is 0.500. The van der Waals surface area contributed by atoms with Crippen LogP contribution in [0.15, 0.2) is 18.5 Å². The molecule has 1 fully saturated rings. The van der Waals surface area contributed by atoms with Gasteiger partial charge in [0.15, 0.2) is 0 Å². The SMILES string of the molecule is N#Cc1ccncc1NCC1(CCO)CC1. The third kappa shape index (κ3) is 2.31. The van der Waals surface area contributed by atoms with Gasteiger partial charge >= 0.3 is 0 Å². The van der Waals surface area contributed by atoms with Gasteiger partial charge in [-0.05, 0) is 30.7 Å². The molecule has 2 rings (SSSR count). The van der Waals surface area contributed by atoms with Crippen molar-refractivity contribution < 1.29 is 5.11 Å². The van der Waals surface area contributed by atoms with Crippen molar-refractivity contribution in [3.63, 3.8) is 0 Å². The van der Waals surface area contributed by atoms with Crippen LogP contribution in [0.2, 0.25) is 0 Å². The monoisotopic (exact) mass is 217 g/mol. The number of anilines is 1. The van der Waals surface area contributed by atoms with E-state index in [9.17, 15) is 0 Å². The molecule has 16 heavy (non-hydrogen) atoms. The lowest BCUT2D eigenvalue weighted by Gasteiger charge is -2.15. The highest BCUT2D eigenvalue weighted by molar-refractivity contribution is 5.55. The summed E-state index contributed by atoms with van der Waals surface area (Å²) in [4.78, 5) is 4.00. The standard InChI is InChI=1S/C12H15N3O/c13-7-10-1-5-14-8-11(10)15-9-12(2-3-12)4-6-16/h1,5,8,15-16H,2-4,6,9H2. The Morgan fingerprint density at radius 3 is 3.00 bits per heavy atom. The summed E-state index contributed by atoms with van der Waals surface area (Å²) in [6.07, 6.45) is 6.44. The second-order valence-corrected chi connectivity index (χ2v) is 4.36. The Morgan fingerprint density at radius 2 is 2.38 bits per heavy atom. The number of aliphatic hydroxyl groups is 1. The lowest BCUT2D eigenvalue weighted by Crippen LogP contribution is -2.17. The molecule has 1 aliphatic carbocycles. The van der Waals surface area contributed by atoms with Crippen LogP contribution in [0, 0.1) is 16.7 Å². The molecule has 1 aliphatic rings. The van der Waals surface area contributed by atoms with E-state index in [0.717, 1.165) is 31.5 Å². The van der Waals surface area contributed by atoms with Gasteiger partial charge in [0.1, 0.15) is 6.07 Å². The van der Waals surface area contributed by atoms with E-state index >= 15 is 0 Å². The number of nitrogens with one attached hydrogen (secondary N) is 1. The number of rotatable bonds is 5. The normalized spacial score (nSPS) is 16.5. The Bertz CT molecular complexity index is 407. The average molecular weight is 217 g/mol. The van der Waals surface area contributed by atoms with Crippen LogP contribution in [0.3, 0.4) is 0 Å². The second kappa shape index (κ2) is 4.50. The van der Waals surface area contributed by atoms with Gasteiger partial charge in [0.05, 0.1) is 17.4 Å². The lowest BCUT2D eigenvalue weighted by atomic mass is 10.0. The van der Waals surface area contributed by atoms with Gasteiger partial charge in [-0.3, -0.25) is 4.98 Å². The van der Waals surface area contributed by atoms with Crippen molar-refractivity contribution in [1.82, 2.24) is 4.98 Å². The summed E-state index contributed by atoms with van der Waals surface area (Å²) in [5.74, 6) is 0. The molecule has 0 unspecified atom stereocenters. The Balaban J connectivity index is 1.97. The minimum absolute atomic E-state index is 0.236. The first kappa shape index (κ1) is 10.9. The van der Waals surface area contributed by atoms with E-state index in [4.69, 9.17) is 10.4 Å². The van der Waals surface area contributed by atoms with Gasteiger partial charge in [-0.25, -0.2) is 0 Å². The average Bonchev–Trinajstić information content (AvgIpc) is 3.08. The molecule has 1 aromatic rings. The van der Waals surface area contributed by atoms with Crippen molar-refractivity contribution in [3.05, 3.63) is 24.0 Å². The Morgan fingerprint density at radius 1 is 1.56 bits per heavy atom. The van der Waals surface area contributed by atoms with Gasteiger partial charge < -0.3 is 10.4 Å². The molecule has 4 nitrogen and oxygen atoms in total. The highest BCUT2D eigenvalue weighted by Crippen LogP contribution is 2.48. The van der Waals surface area contributed by atoms with Crippen molar-refractivity contribution in [2.45, 2.75) is 19.3 Å². The maximum Gasteiger partial charge on any atom is 0.101 e. The zero-order chi connectivity index (χ0) is 11.4. The van der Waals surface area contributed by atoms with E-state index in [0.29, 0.717) is 5.56 Å². The fourth-order valence-corrected chi connectivity index (χ4v) is 1.84. The number of aliphatic hydroxyl groups excluding tert-OH is 1. The maximum absolute atomic E-state index is 8.95. The lowest BCUT2D eigenvalue weighted by molar-refractivity contribution is 0.253. The number of nitriles is 1. The molecule has 0 atom stereocenters. The van der Waals surface area contributed by atoms with Crippen LogP contribution in [0.25, 0.3) is 0 Å². The zero-order valence-electron chi connectivity index (χ0n) is 9.11. The van der Waals surface area contributed by atoms with Crippen LogP contribution < -0.4 is 5.32 Å². The van der Waals surface area contributed by atoms with Crippen LogP contribution in [0.4, 0.5) is 5.69 Å². The molecular weight excluding hydrogens is 202 g/mol. The fourth-order valence-electron chi connectivity index (χ4n) is 1.84. The van der Waals surface area contributed by atoms with Crippen molar-refractivity contribution in [3.8, 4) is 6.07 Å². The first-order chi connectivity index (χ1) is 7.79.